The van der Waals surface area contributed by atoms with E-state index in [2.05, 4.69) is 0 Å². The van der Waals surface area contributed by atoms with Gasteiger partial charge in [-0.15, -0.1) is 5.70 Å². The van der Waals surface area contributed by atoms with Crippen molar-refractivity contribution in [2.45, 2.75) is 12.7 Å². The molecule has 0 heterocycles. The molecular weight excluding hydrogens is 132 g/mol. The predicted octanol–water partition coefficient (Wildman–Crippen LogP) is -0.126. The first-order valence-electron chi connectivity index (χ1n) is 2.92. The number of methoxy groups -OCH3 is 2. The van der Waals surface area contributed by atoms with E-state index in [0.29, 0.717) is 0 Å². The first-order valence-corrected chi connectivity index (χ1v) is 4.08. The Kier molecular flexibility index (Phi) is 3.77. The lowest BCUT2D eigenvalue weighted by atomic mass is 10.3. The topological polar surface area (TPSA) is 18.5 Å². The largest absolute Gasteiger partial charge is 0.350 e. The highest BCUT2D eigenvalue weighted by Gasteiger charge is 2.16. The smallest absolute Gasteiger partial charge is 0.183 e. The van der Waals surface area contributed by atoms with Gasteiger partial charge in [-0.25, -0.2) is 0 Å². The lowest BCUT2D eigenvalue weighted by Crippen LogP contribution is -2.26. The van der Waals surface area contributed by atoms with Crippen LogP contribution in [0.3, 0.4) is 0 Å². The van der Waals surface area contributed by atoms with E-state index < -0.39 is 5.79 Å². The second kappa shape index (κ2) is 3.82. The summed E-state index contributed by atoms with van der Waals surface area (Å²) >= 11 is 0. The lowest BCUT2D eigenvalue weighted by Gasteiger charge is -2.21. The summed E-state index contributed by atoms with van der Waals surface area (Å²) in [5.41, 5.74) is 2.03. The maximum Gasteiger partial charge on any atom is 0.183 e. The minimum absolute atomic E-state index is 0.512. The summed E-state index contributed by atoms with van der Waals surface area (Å²) < 4.78 is 10.1. The zero-order valence-electron chi connectivity index (χ0n) is 6.47. The fourth-order valence-electron chi connectivity index (χ4n) is 0.522. The van der Waals surface area contributed by atoms with Crippen LogP contribution in [0.25, 0.3) is 0 Å². The van der Waals surface area contributed by atoms with Crippen molar-refractivity contribution in [2.24, 2.45) is 0 Å². The van der Waals surface area contributed by atoms with Crippen molar-refractivity contribution in [1.29, 1.82) is 0 Å². The first kappa shape index (κ1) is 8.88. The van der Waals surface area contributed by atoms with Gasteiger partial charge in [-0.2, -0.15) is 0 Å². The Balaban J connectivity index is 3.92. The van der Waals surface area contributed by atoms with Crippen LogP contribution in [0.4, 0.5) is 0 Å². The molecule has 0 saturated carbocycles. The highest BCUT2D eigenvalue weighted by molar-refractivity contribution is 6.17. The van der Waals surface area contributed by atoms with Crippen LogP contribution in [0.1, 0.15) is 6.92 Å². The first-order chi connectivity index (χ1) is 4.18. The number of hydrogen-bond donors (Lipinski definition) is 0. The summed E-state index contributed by atoms with van der Waals surface area (Å²) in [6.07, 6.45) is 1.92. The van der Waals surface area contributed by atoms with Gasteiger partial charge in [0.1, 0.15) is 0 Å². The van der Waals surface area contributed by atoms with Gasteiger partial charge in [0.05, 0.1) is 0 Å². The minimum Gasteiger partial charge on any atom is -0.350 e. The Labute approximate surface area is 59.3 Å². The predicted molar refractivity (Wildman–Crippen MR) is 41.5 cm³/mol. The second-order valence-corrected chi connectivity index (χ2v) is 2.59. The molecule has 0 N–H and O–H groups in total. The van der Waals surface area contributed by atoms with Crippen LogP contribution in [0.15, 0.2) is 11.8 Å². The van der Waals surface area contributed by atoms with E-state index in [1.54, 1.807) is 14.2 Å². The molecule has 0 unspecified atom stereocenters. The van der Waals surface area contributed by atoms with E-state index in [4.69, 9.17) is 9.47 Å². The molecule has 0 aromatic rings. The molecule has 0 spiro atoms. The average Bonchev–Trinajstić information content (AvgIpc) is 1.89. The van der Waals surface area contributed by atoms with E-state index in [-0.39, 0.29) is 0 Å². The number of rotatable bonds is 3. The van der Waals surface area contributed by atoms with Gasteiger partial charge in [-0.05, 0) is 13.0 Å². The molecule has 54 valence electrons. The van der Waals surface area contributed by atoms with Crippen molar-refractivity contribution < 1.29 is 9.47 Å². The highest BCUT2D eigenvalue weighted by atomic mass is 28.1. The molecule has 0 aromatic heterocycles. The summed E-state index contributed by atoms with van der Waals surface area (Å²) in [7, 11) is 4.30. The molecule has 3 heteroatoms. The lowest BCUT2D eigenvalue weighted by molar-refractivity contribution is -0.155. The molecule has 0 rings (SSSR count). The van der Waals surface area contributed by atoms with Crippen molar-refractivity contribution >= 4 is 10.2 Å². The number of ether oxygens (including phenoxy) is 2. The number of hydrogen-bond acceptors (Lipinski definition) is 2. The standard InChI is InChI=1S/C6H14O2Si/c1-6(7-2,8-3)4-5-9/h4-5H,1-3,9H3. The molecule has 0 radical (unpaired) electrons. The molecular formula is C6H14O2Si. The van der Waals surface area contributed by atoms with Gasteiger partial charge < -0.3 is 9.47 Å². The normalized spacial score (nSPS) is 13.2. The molecule has 0 aliphatic rings. The SMILES string of the molecule is COC(C)(C=C[SiH3])OC. The quantitative estimate of drug-likeness (QED) is 0.408. The fraction of sp³-hybridized carbons (Fsp3) is 0.667. The zero-order valence-corrected chi connectivity index (χ0v) is 8.47. The fourth-order valence-corrected chi connectivity index (χ4v) is 1.13. The van der Waals surface area contributed by atoms with E-state index in [1.807, 2.05) is 18.7 Å². The summed E-state index contributed by atoms with van der Waals surface area (Å²) in [6.45, 7) is 1.88. The summed E-state index contributed by atoms with van der Waals surface area (Å²) in [5, 5.41) is 0. The molecule has 0 fully saturated rings. The molecule has 2 nitrogen and oxygen atoms in total. The molecule has 0 amide bonds. The van der Waals surface area contributed by atoms with Crippen molar-refractivity contribution in [3.8, 4) is 0 Å². The van der Waals surface area contributed by atoms with Crippen LogP contribution in [0, 0.1) is 0 Å². The van der Waals surface area contributed by atoms with E-state index in [0.717, 1.165) is 10.2 Å². The molecule has 9 heavy (non-hydrogen) atoms. The Hall–Kier alpha value is -0.123. The van der Waals surface area contributed by atoms with Gasteiger partial charge in [0.2, 0.25) is 0 Å². The van der Waals surface area contributed by atoms with Gasteiger partial charge in [0, 0.05) is 24.5 Å². The van der Waals surface area contributed by atoms with E-state index in [1.165, 1.54) is 0 Å². The zero-order chi connectivity index (χ0) is 7.33. The second-order valence-electron chi connectivity index (χ2n) is 1.92. The van der Waals surface area contributed by atoms with Crippen LogP contribution in [0.2, 0.25) is 0 Å². The van der Waals surface area contributed by atoms with Gasteiger partial charge in [0.25, 0.3) is 0 Å². The van der Waals surface area contributed by atoms with E-state index in [9.17, 15) is 0 Å². The van der Waals surface area contributed by atoms with Gasteiger partial charge >= 0.3 is 0 Å². The van der Waals surface area contributed by atoms with Crippen molar-refractivity contribution in [1.82, 2.24) is 0 Å². The minimum atomic E-state index is -0.512. The summed E-state index contributed by atoms with van der Waals surface area (Å²) in [4.78, 5) is 0. The van der Waals surface area contributed by atoms with Crippen LogP contribution < -0.4 is 0 Å². The molecule has 0 aliphatic heterocycles. The Morgan fingerprint density at radius 1 is 1.33 bits per heavy atom. The average molecular weight is 146 g/mol. The third-order valence-corrected chi connectivity index (χ3v) is 1.61. The van der Waals surface area contributed by atoms with Gasteiger partial charge in [-0.1, -0.05) is 0 Å². The van der Waals surface area contributed by atoms with Crippen LogP contribution in [-0.2, 0) is 9.47 Å². The maximum absolute atomic E-state index is 5.04. The molecule has 0 aromatic carbocycles. The van der Waals surface area contributed by atoms with Crippen LogP contribution in [-0.4, -0.2) is 30.2 Å². The van der Waals surface area contributed by atoms with Gasteiger partial charge in [0.15, 0.2) is 5.79 Å². The van der Waals surface area contributed by atoms with E-state index >= 15 is 0 Å². The monoisotopic (exact) mass is 146 g/mol. The molecule has 0 aliphatic carbocycles. The van der Waals surface area contributed by atoms with Crippen LogP contribution >= 0.6 is 0 Å². The van der Waals surface area contributed by atoms with Crippen molar-refractivity contribution in [2.75, 3.05) is 14.2 Å². The Morgan fingerprint density at radius 3 is 1.89 bits per heavy atom. The van der Waals surface area contributed by atoms with Crippen molar-refractivity contribution in [3.63, 3.8) is 0 Å². The van der Waals surface area contributed by atoms with Crippen LogP contribution in [0.5, 0.6) is 0 Å². The third kappa shape index (κ3) is 2.79. The Bertz CT molecular complexity index is 97.2. The highest BCUT2D eigenvalue weighted by Crippen LogP contribution is 2.09. The molecule has 0 bridgehead atoms. The molecule has 0 atom stereocenters. The maximum atomic E-state index is 5.04. The summed E-state index contributed by atoms with van der Waals surface area (Å²) in [6, 6.07) is 0. The summed E-state index contributed by atoms with van der Waals surface area (Å²) in [5.74, 6) is -0.512. The Morgan fingerprint density at radius 2 is 1.78 bits per heavy atom. The molecule has 0 saturated heterocycles. The van der Waals surface area contributed by atoms with Gasteiger partial charge in [-0.3, -0.25) is 0 Å². The third-order valence-electron chi connectivity index (χ3n) is 1.28. The van der Waals surface area contributed by atoms with Crippen molar-refractivity contribution in [3.05, 3.63) is 11.8 Å².